The molecule has 0 unspecified atom stereocenters. The maximum absolute atomic E-state index is 6.77. The topological polar surface area (TPSA) is 0 Å². The summed E-state index contributed by atoms with van der Waals surface area (Å²) in [6.45, 7) is 16.0. The number of rotatable bonds is 4. The normalized spacial score (nSPS) is 14.2. The Bertz CT molecular complexity index is 2380. The van der Waals surface area contributed by atoms with Gasteiger partial charge in [-0.3, -0.25) is 0 Å². The van der Waals surface area contributed by atoms with Gasteiger partial charge in [0.2, 0.25) is 0 Å². The zero-order chi connectivity index (χ0) is 34.0. The molecule has 0 fully saturated rings. The van der Waals surface area contributed by atoms with E-state index in [0.717, 1.165) is 28.3 Å². The molecule has 0 amide bonds. The molecule has 7 rings (SSSR count). The molecule has 2 heteroatoms. The van der Waals surface area contributed by atoms with Crippen molar-refractivity contribution in [3.8, 4) is 22.3 Å². The second-order valence-electron chi connectivity index (χ2n) is 15.2. The molecule has 0 N–H and O–H groups in total. The van der Waals surface area contributed by atoms with E-state index in [1.54, 1.807) is 0 Å². The van der Waals surface area contributed by atoms with Crippen LogP contribution in [0.15, 0.2) is 103 Å². The summed E-state index contributed by atoms with van der Waals surface area (Å²) < 4.78 is 0. The fraction of sp³-hybridized carbons (Fsp3) is 0.217. The predicted octanol–water partition coefficient (Wildman–Crippen LogP) is 11.7. The molecular formula is C46H41Cl2. The Balaban J connectivity index is 1.79. The van der Waals surface area contributed by atoms with Crippen LogP contribution in [0.2, 0.25) is 10.0 Å². The third kappa shape index (κ3) is 5.70. The van der Waals surface area contributed by atoms with Crippen LogP contribution in [-0.2, 0) is 10.8 Å². The summed E-state index contributed by atoms with van der Waals surface area (Å²) in [5, 5.41) is 6.10. The SMILES string of the molecule is Cc1c(Cl)cc(Cl)cc1C=c1c(C(C)(C)C)c(-c2ccccc2)c(C2=CC=CC2)c2c1=c1cc(C(C)(C)C)c(-c3ccccc3)cc1=[C]2. The minimum Gasteiger partial charge on any atom is -0.0843 e. The molecule has 48 heavy (non-hydrogen) atoms. The van der Waals surface area contributed by atoms with Gasteiger partial charge < -0.3 is 0 Å². The summed E-state index contributed by atoms with van der Waals surface area (Å²) in [6, 6.07) is 30.4. The van der Waals surface area contributed by atoms with Crippen LogP contribution >= 0.6 is 23.2 Å². The van der Waals surface area contributed by atoms with Crippen LogP contribution in [-0.4, -0.2) is 0 Å². The molecule has 0 heterocycles. The molecule has 0 saturated heterocycles. The molecule has 1 radical (unpaired) electrons. The van der Waals surface area contributed by atoms with Crippen LogP contribution in [0.5, 0.6) is 0 Å². The quantitative estimate of drug-likeness (QED) is 0.176. The number of hydrogen-bond acceptors (Lipinski definition) is 0. The third-order valence-electron chi connectivity index (χ3n) is 9.67. The van der Waals surface area contributed by atoms with Crippen LogP contribution in [0.1, 0.15) is 81.3 Å². The Morgan fingerprint density at radius 2 is 1.42 bits per heavy atom. The van der Waals surface area contributed by atoms with Gasteiger partial charge in [0.1, 0.15) is 0 Å². The van der Waals surface area contributed by atoms with Gasteiger partial charge >= 0.3 is 0 Å². The first-order valence-electron chi connectivity index (χ1n) is 16.8. The third-order valence-corrected chi connectivity index (χ3v) is 10.3. The highest BCUT2D eigenvalue weighted by Gasteiger charge is 2.30. The van der Waals surface area contributed by atoms with Crippen molar-refractivity contribution in [3.05, 3.63) is 167 Å². The van der Waals surface area contributed by atoms with Crippen molar-refractivity contribution in [3.63, 3.8) is 0 Å². The maximum Gasteiger partial charge on any atom is 0.0455 e. The molecule has 2 aliphatic carbocycles. The van der Waals surface area contributed by atoms with E-state index in [0.29, 0.717) is 10.0 Å². The first-order valence-corrected chi connectivity index (χ1v) is 17.6. The molecule has 5 aromatic rings. The van der Waals surface area contributed by atoms with Crippen molar-refractivity contribution >= 4 is 40.9 Å². The molecule has 2 aliphatic rings. The molecule has 0 aromatic heterocycles. The predicted molar refractivity (Wildman–Crippen MR) is 207 cm³/mol. The molecule has 0 bridgehead atoms. The monoisotopic (exact) mass is 663 g/mol. The first-order chi connectivity index (χ1) is 22.8. The minimum atomic E-state index is -0.205. The standard InChI is InChI=1S/C46H41Cl2/c1-28-32(22-34(47)26-40(28)48)23-38-43-36-27-39(45(2,3)4)35(29-16-10-8-11-17-29)24-33(36)25-37(43)41(30-20-14-15-21-30)42(44(38)46(5,6)7)31-18-12-9-13-19-31/h8-20,22-24,26-27H,21H2,1-7H3. The van der Waals surface area contributed by atoms with Crippen molar-refractivity contribution in [2.75, 3.05) is 0 Å². The van der Waals surface area contributed by atoms with Gasteiger partial charge in [-0.25, -0.2) is 0 Å². The fourth-order valence-electron chi connectivity index (χ4n) is 7.44. The molecule has 0 saturated carbocycles. The van der Waals surface area contributed by atoms with Crippen LogP contribution in [0, 0.1) is 17.4 Å². The Labute approximate surface area is 295 Å². The number of halogens is 2. The van der Waals surface area contributed by atoms with Crippen LogP contribution in [0.4, 0.5) is 0 Å². The second kappa shape index (κ2) is 12.1. The summed E-state index contributed by atoms with van der Waals surface area (Å²) in [5.74, 6) is 0. The van der Waals surface area contributed by atoms with Gasteiger partial charge in [0.25, 0.3) is 0 Å². The molecule has 5 aromatic carbocycles. The molecule has 0 aliphatic heterocycles. The lowest BCUT2D eigenvalue weighted by atomic mass is 9.75. The Hall–Kier alpha value is -4.10. The lowest BCUT2D eigenvalue weighted by Crippen LogP contribution is -2.28. The van der Waals surface area contributed by atoms with E-state index in [4.69, 9.17) is 23.2 Å². The van der Waals surface area contributed by atoms with E-state index in [1.165, 1.54) is 60.2 Å². The van der Waals surface area contributed by atoms with Crippen molar-refractivity contribution in [2.45, 2.75) is 65.7 Å². The number of benzene rings is 5. The smallest absolute Gasteiger partial charge is 0.0455 e. The van der Waals surface area contributed by atoms with Crippen LogP contribution in [0.3, 0.4) is 0 Å². The average molecular weight is 665 g/mol. The van der Waals surface area contributed by atoms with Gasteiger partial charge in [0.05, 0.1) is 0 Å². The highest BCUT2D eigenvalue weighted by atomic mass is 35.5. The second-order valence-corrected chi connectivity index (χ2v) is 16.0. The number of hydrogen-bond donors (Lipinski definition) is 0. The van der Waals surface area contributed by atoms with E-state index >= 15 is 0 Å². The Kier molecular flexibility index (Phi) is 8.18. The van der Waals surface area contributed by atoms with Crippen molar-refractivity contribution in [2.24, 2.45) is 0 Å². The van der Waals surface area contributed by atoms with Crippen LogP contribution < -0.4 is 10.4 Å². The molecular weight excluding hydrogens is 623 g/mol. The lowest BCUT2D eigenvalue weighted by Gasteiger charge is -2.29. The minimum absolute atomic E-state index is 0.0819. The van der Waals surface area contributed by atoms with Gasteiger partial charge in [-0.15, -0.1) is 0 Å². The largest absolute Gasteiger partial charge is 0.0843 e. The maximum atomic E-state index is 6.77. The Morgan fingerprint density at radius 1 is 0.750 bits per heavy atom. The number of allylic oxidation sites excluding steroid dienone is 4. The van der Waals surface area contributed by atoms with E-state index < -0.39 is 0 Å². The summed E-state index contributed by atoms with van der Waals surface area (Å²) in [7, 11) is 0. The molecule has 239 valence electrons. The summed E-state index contributed by atoms with van der Waals surface area (Å²) in [4.78, 5) is 0. The highest BCUT2D eigenvalue weighted by Crippen LogP contribution is 2.42. The summed E-state index contributed by atoms with van der Waals surface area (Å²) in [5.41, 5.74) is 13.1. The zero-order valence-corrected chi connectivity index (χ0v) is 30.4. The van der Waals surface area contributed by atoms with Gasteiger partial charge in [0.15, 0.2) is 0 Å². The molecule has 0 atom stereocenters. The van der Waals surface area contributed by atoms with Gasteiger partial charge in [0, 0.05) is 10.0 Å². The van der Waals surface area contributed by atoms with Crippen molar-refractivity contribution in [1.82, 2.24) is 0 Å². The summed E-state index contributed by atoms with van der Waals surface area (Å²) in [6.07, 6.45) is 14.0. The Morgan fingerprint density at radius 3 is 2.02 bits per heavy atom. The first kappa shape index (κ1) is 32.4. The number of fused-ring (bicyclic) bond motifs is 2. The van der Waals surface area contributed by atoms with Crippen LogP contribution in [0.25, 0.3) is 40.0 Å². The van der Waals surface area contributed by atoms with Crippen molar-refractivity contribution < 1.29 is 0 Å². The highest BCUT2D eigenvalue weighted by molar-refractivity contribution is 6.35. The van der Waals surface area contributed by atoms with E-state index in [-0.39, 0.29) is 10.8 Å². The van der Waals surface area contributed by atoms with Gasteiger partial charge in [-0.05, 0) is 143 Å². The van der Waals surface area contributed by atoms with E-state index in [9.17, 15) is 0 Å². The molecule has 0 spiro atoms. The lowest BCUT2D eigenvalue weighted by molar-refractivity contribution is 0.586. The average Bonchev–Trinajstić information content (AvgIpc) is 3.71. The summed E-state index contributed by atoms with van der Waals surface area (Å²) >= 11 is 13.4. The zero-order valence-electron chi connectivity index (χ0n) is 28.9. The van der Waals surface area contributed by atoms with Gasteiger partial charge in [-0.2, -0.15) is 0 Å². The van der Waals surface area contributed by atoms with E-state index in [1.807, 2.05) is 12.1 Å². The van der Waals surface area contributed by atoms with Gasteiger partial charge in [-0.1, -0.05) is 144 Å². The fourth-order valence-corrected chi connectivity index (χ4v) is 7.95. The van der Waals surface area contributed by atoms with E-state index in [2.05, 4.69) is 152 Å². The molecule has 0 nitrogen and oxygen atoms in total. The van der Waals surface area contributed by atoms with Crippen molar-refractivity contribution in [1.29, 1.82) is 0 Å².